The molecule has 84 valence electrons. The fraction of sp³-hybridized carbons (Fsp3) is 0.909. The Kier molecular flexibility index (Phi) is 8.64. The van der Waals surface area contributed by atoms with Crippen molar-refractivity contribution in [3.63, 3.8) is 0 Å². The van der Waals surface area contributed by atoms with Crippen molar-refractivity contribution in [2.24, 2.45) is 0 Å². The van der Waals surface area contributed by atoms with Gasteiger partial charge in [-0.2, -0.15) is 0 Å². The van der Waals surface area contributed by atoms with Gasteiger partial charge in [0.05, 0.1) is 6.04 Å². The van der Waals surface area contributed by atoms with Gasteiger partial charge in [0.25, 0.3) is 0 Å². The van der Waals surface area contributed by atoms with Crippen LogP contribution in [0.4, 0.5) is 0 Å². The van der Waals surface area contributed by atoms with E-state index in [0.29, 0.717) is 0 Å². The molecule has 3 heteroatoms. The second-order valence-electron chi connectivity index (χ2n) is 3.66. The van der Waals surface area contributed by atoms with Crippen LogP contribution in [-0.2, 0) is 4.79 Å². The van der Waals surface area contributed by atoms with Crippen molar-refractivity contribution < 1.29 is 4.79 Å². The van der Waals surface area contributed by atoms with Crippen molar-refractivity contribution in [1.29, 1.82) is 0 Å². The Balaban J connectivity index is 3.48. The van der Waals surface area contributed by atoms with Crippen molar-refractivity contribution in [3.8, 4) is 0 Å². The minimum Gasteiger partial charge on any atom is -0.358 e. The van der Waals surface area contributed by atoms with Crippen LogP contribution in [0.2, 0.25) is 0 Å². The molecule has 2 N–H and O–H groups in total. The Bertz CT molecular complexity index is 148. The molecule has 0 saturated carbocycles. The highest BCUT2D eigenvalue weighted by atomic mass is 16.2. The van der Waals surface area contributed by atoms with Crippen molar-refractivity contribution in [1.82, 2.24) is 10.6 Å². The first-order chi connectivity index (χ1) is 6.76. The Morgan fingerprint density at radius 1 is 1.14 bits per heavy atom. The van der Waals surface area contributed by atoms with Gasteiger partial charge in [0.1, 0.15) is 0 Å². The molecule has 0 aromatic heterocycles. The molecule has 0 unspecified atom stereocenters. The van der Waals surface area contributed by atoms with Gasteiger partial charge in [0.2, 0.25) is 5.91 Å². The van der Waals surface area contributed by atoms with E-state index in [1.54, 1.807) is 7.05 Å². The van der Waals surface area contributed by atoms with Gasteiger partial charge in [-0.25, -0.2) is 0 Å². The summed E-state index contributed by atoms with van der Waals surface area (Å²) in [5.41, 5.74) is 0. The second kappa shape index (κ2) is 9.00. The summed E-state index contributed by atoms with van der Waals surface area (Å²) in [7, 11) is 3.52. The normalized spacial score (nSPS) is 12.5. The zero-order valence-corrected chi connectivity index (χ0v) is 9.73. The summed E-state index contributed by atoms with van der Waals surface area (Å²) in [6.07, 6.45) is 7.19. The van der Waals surface area contributed by atoms with Crippen LogP contribution < -0.4 is 10.6 Å². The summed E-state index contributed by atoms with van der Waals surface area (Å²) >= 11 is 0. The molecule has 0 bridgehead atoms. The molecule has 0 aliphatic carbocycles. The highest BCUT2D eigenvalue weighted by molar-refractivity contribution is 5.81. The number of rotatable bonds is 8. The third kappa shape index (κ3) is 5.97. The molecule has 1 amide bonds. The molecule has 0 aliphatic heterocycles. The Morgan fingerprint density at radius 3 is 2.29 bits per heavy atom. The predicted octanol–water partition coefficient (Wildman–Crippen LogP) is 1.68. The SMILES string of the molecule is CCCCCCC[C@H](NC)C(=O)NC. The number of hydrogen-bond donors (Lipinski definition) is 2. The fourth-order valence-corrected chi connectivity index (χ4v) is 1.53. The molecular weight excluding hydrogens is 176 g/mol. The Labute approximate surface area is 87.6 Å². The van der Waals surface area contributed by atoms with Gasteiger partial charge in [-0.05, 0) is 13.5 Å². The molecule has 0 rings (SSSR count). The molecule has 0 spiro atoms. The first-order valence-corrected chi connectivity index (χ1v) is 5.65. The number of amides is 1. The number of unbranched alkanes of at least 4 members (excludes halogenated alkanes) is 4. The maximum atomic E-state index is 11.3. The topological polar surface area (TPSA) is 41.1 Å². The van der Waals surface area contributed by atoms with Crippen molar-refractivity contribution in [2.75, 3.05) is 14.1 Å². The first kappa shape index (κ1) is 13.4. The lowest BCUT2D eigenvalue weighted by atomic mass is 10.1. The molecule has 3 nitrogen and oxygen atoms in total. The molecule has 0 aromatic carbocycles. The molecular formula is C11H24N2O. The van der Waals surface area contributed by atoms with Crippen LogP contribution >= 0.6 is 0 Å². The van der Waals surface area contributed by atoms with E-state index in [2.05, 4.69) is 17.6 Å². The summed E-state index contributed by atoms with van der Waals surface area (Å²) in [5.74, 6) is 0.1000. The Hall–Kier alpha value is -0.570. The number of nitrogens with one attached hydrogen (secondary N) is 2. The third-order valence-electron chi connectivity index (χ3n) is 2.51. The van der Waals surface area contributed by atoms with E-state index in [1.807, 2.05) is 7.05 Å². The lowest BCUT2D eigenvalue weighted by Crippen LogP contribution is -2.40. The quantitative estimate of drug-likeness (QED) is 0.585. The average molecular weight is 200 g/mol. The van der Waals surface area contributed by atoms with Gasteiger partial charge >= 0.3 is 0 Å². The monoisotopic (exact) mass is 200 g/mol. The van der Waals surface area contributed by atoms with Gasteiger partial charge in [-0.15, -0.1) is 0 Å². The van der Waals surface area contributed by atoms with E-state index in [9.17, 15) is 4.79 Å². The van der Waals surface area contributed by atoms with Crippen LogP contribution in [0.25, 0.3) is 0 Å². The van der Waals surface area contributed by atoms with Gasteiger partial charge in [0.15, 0.2) is 0 Å². The van der Waals surface area contributed by atoms with Crippen LogP contribution in [0.1, 0.15) is 45.4 Å². The van der Waals surface area contributed by atoms with Gasteiger partial charge in [-0.1, -0.05) is 39.0 Å². The molecule has 0 aliphatic rings. The van der Waals surface area contributed by atoms with E-state index in [1.165, 1.54) is 25.7 Å². The number of carbonyl (C=O) groups excluding carboxylic acids is 1. The summed E-state index contributed by atoms with van der Waals surface area (Å²) in [5, 5.41) is 5.70. The molecule has 1 atom stereocenters. The van der Waals surface area contributed by atoms with Crippen molar-refractivity contribution in [3.05, 3.63) is 0 Å². The van der Waals surface area contributed by atoms with Crippen molar-refractivity contribution >= 4 is 5.91 Å². The molecule has 0 saturated heterocycles. The summed E-state index contributed by atoms with van der Waals surface area (Å²) < 4.78 is 0. The molecule has 0 aromatic rings. The summed E-state index contributed by atoms with van der Waals surface area (Å²) in [4.78, 5) is 11.3. The lowest BCUT2D eigenvalue weighted by molar-refractivity contribution is -0.122. The van der Waals surface area contributed by atoms with Gasteiger partial charge in [-0.3, -0.25) is 4.79 Å². The number of likely N-dealkylation sites (N-methyl/N-ethyl adjacent to an activating group) is 2. The molecule has 0 fully saturated rings. The van der Waals surface area contributed by atoms with Crippen LogP contribution in [0, 0.1) is 0 Å². The van der Waals surface area contributed by atoms with Crippen LogP contribution in [0.3, 0.4) is 0 Å². The zero-order valence-electron chi connectivity index (χ0n) is 9.73. The van der Waals surface area contributed by atoms with E-state index >= 15 is 0 Å². The zero-order chi connectivity index (χ0) is 10.8. The van der Waals surface area contributed by atoms with Gasteiger partial charge in [0, 0.05) is 7.05 Å². The van der Waals surface area contributed by atoms with E-state index in [4.69, 9.17) is 0 Å². The lowest BCUT2D eigenvalue weighted by Gasteiger charge is -2.13. The predicted molar refractivity (Wildman–Crippen MR) is 60.3 cm³/mol. The van der Waals surface area contributed by atoms with Crippen LogP contribution in [0.5, 0.6) is 0 Å². The highest BCUT2D eigenvalue weighted by Crippen LogP contribution is 2.07. The van der Waals surface area contributed by atoms with Crippen molar-refractivity contribution in [2.45, 2.75) is 51.5 Å². The minimum absolute atomic E-state index is 0.0124. The van der Waals surface area contributed by atoms with E-state index in [0.717, 1.165) is 12.8 Å². The van der Waals surface area contributed by atoms with E-state index < -0.39 is 0 Å². The van der Waals surface area contributed by atoms with Gasteiger partial charge < -0.3 is 10.6 Å². The maximum absolute atomic E-state index is 11.3. The summed E-state index contributed by atoms with van der Waals surface area (Å²) in [6.45, 7) is 2.21. The number of carbonyl (C=O) groups is 1. The van der Waals surface area contributed by atoms with E-state index in [-0.39, 0.29) is 11.9 Å². The molecule has 14 heavy (non-hydrogen) atoms. The highest BCUT2D eigenvalue weighted by Gasteiger charge is 2.13. The standard InChI is InChI=1S/C11H24N2O/c1-4-5-6-7-8-9-10(12-2)11(14)13-3/h10,12H,4-9H2,1-3H3,(H,13,14)/t10-/m0/s1. The average Bonchev–Trinajstić information content (AvgIpc) is 2.22. The maximum Gasteiger partial charge on any atom is 0.236 e. The summed E-state index contributed by atoms with van der Waals surface area (Å²) in [6, 6.07) is -0.0124. The molecule has 0 heterocycles. The first-order valence-electron chi connectivity index (χ1n) is 5.65. The third-order valence-corrected chi connectivity index (χ3v) is 2.51. The fourth-order valence-electron chi connectivity index (χ4n) is 1.53. The minimum atomic E-state index is -0.0124. The smallest absolute Gasteiger partial charge is 0.236 e. The Morgan fingerprint density at radius 2 is 1.79 bits per heavy atom. The van der Waals surface area contributed by atoms with Crippen LogP contribution in [-0.4, -0.2) is 26.0 Å². The largest absolute Gasteiger partial charge is 0.358 e. The molecule has 0 radical (unpaired) electrons. The van der Waals surface area contributed by atoms with Crippen LogP contribution in [0.15, 0.2) is 0 Å². The second-order valence-corrected chi connectivity index (χ2v) is 3.66. The number of hydrogen-bond acceptors (Lipinski definition) is 2.